The summed E-state index contributed by atoms with van der Waals surface area (Å²) in [5.74, 6) is 0.152. The van der Waals surface area contributed by atoms with E-state index in [1.165, 1.54) is 11.8 Å². The molecule has 4 heteroatoms. The van der Waals surface area contributed by atoms with E-state index in [4.69, 9.17) is 4.42 Å². The summed E-state index contributed by atoms with van der Waals surface area (Å²) in [6, 6.07) is 11.7. The smallest absolute Gasteiger partial charge is 0.255 e. The molecular weight excluding hydrogens is 294 g/mol. The first-order valence-electron chi connectivity index (χ1n) is 5.74. The maximum Gasteiger partial charge on any atom is 0.255 e. The summed E-state index contributed by atoms with van der Waals surface area (Å²) >= 11 is 3.19. The van der Waals surface area contributed by atoms with E-state index < -0.39 is 0 Å². The predicted molar refractivity (Wildman–Crippen MR) is 73.6 cm³/mol. The van der Waals surface area contributed by atoms with Crippen molar-refractivity contribution in [2.24, 2.45) is 0 Å². The molecule has 1 atom stereocenters. The lowest BCUT2D eigenvalue weighted by molar-refractivity contribution is 0.0950. The SMILES string of the molecule is CC(CNC(=O)c1ccoc1Br)c1ccccc1. The molecule has 1 amide bonds. The largest absolute Gasteiger partial charge is 0.457 e. The lowest BCUT2D eigenvalue weighted by Crippen LogP contribution is -2.27. The number of hydrogen-bond donors (Lipinski definition) is 1. The summed E-state index contributed by atoms with van der Waals surface area (Å²) in [7, 11) is 0. The molecule has 1 N–H and O–H groups in total. The number of rotatable bonds is 4. The third-order valence-corrected chi connectivity index (χ3v) is 3.41. The molecular formula is C14H14BrNO2. The number of benzene rings is 1. The molecule has 0 aliphatic carbocycles. The van der Waals surface area contributed by atoms with E-state index in [0.717, 1.165) is 0 Å². The van der Waals surface area contributed by atoms with Crippen molar-refractivity contribution in [3.63, 3.8) is 0 Å². The minimum absolute atomic E-state index is 0.126. The first kappa shape index (κ1) is 12.9. The van der Waals surface area contributed by atoms with Crippen LogP contribution in [0.3, 0.4) is 0 Å². The molecule has 1 aromatic carbocycles. The molecule has 2 aromatic rings. The highest BCUT2D eigenvalue weighted by atomic mass is 79.9. The lowest BCUT2D eigenvalue weighted by atomic mass is 10.0. The van der Waals surface area contributed by atoms with Crippen LogP contribution in [0.1, 0.15) is 28.8 Å². The van der Waals surface area contributed by atoms with Crippen LogP contribution in [0.15, 0.2) is 51.7 Å². The molecule has 94 valence electrons. The molecule has 0 saturated carbocycles. The van der Waals surface area contributed by atoms with E-state index in [2.05, 4.69) is 40.3 Å². The number of furan rings is 1. The van der Waals surface area contributed by atoms with Crippen LogP contribution in [0.2, 0.25) is 0 Å². The van der Waals surface area contributed by atoms with E-state index in [0.29, 0.717) is 16.8 Å². The van der Waals surface area contributed by atoms with Crippen molar-refractivity contribution in [1.82, 2.24) is 5.32 Å². The summed E-state index contributed by atoms with van der Waals surface area (Å²) in [5.41, 5.74) is 1.74. The number of halogens is 1. The molecule has 1 aromatic heterocycles. The Bertz CT molecular complexity index is 522. The number of carbonyl (C=O) groups excluding carboxylic acids is 1. The minimum Gasteiger partial charge on any atom is -0.457 e. The minimum atomic E-state index is -0.126. The van der Waals surface area contributed by atoms with E-state index in [-0.39, 0.29) is 11.8 Å². The van der Waals surface area contributed by atoms with Gasteiger partial charge in [-0.15, -0.1) is 0 Å². The first-order valence-corrected chi connectivity index (χ1v) is 6.54. The zero-order chi connectivity index (χ0) is 13.0. The van der Waals surface area contributed by atoms with Crippen LogP contribution < -0.4 is 5.32 Å². The number of amides is 1. The fraction of sp³-hybridized carbons (Fsp3) is 0.214. The monoisotopic (exact) mass is 307 g/mol. The van der Waals surface area contributed by atoms with Crippen molar-refractivity contribution in [3.8, 4) is 0 Å². The van der Waals surface area contributed by atoms with Gasteiger partial charge in [-0.2, -0.15) is 0 Å². The third kappa shape index (κ3) is 3.01. The Morgan fingerprint density at radius 2 is 2.06 bits per heavy atom. The maximum absolute atomic E-state index is 11.9. The molecule has 0 aliphatic heterocycles. The van der Waals surface area contributed by atoms with Gasteiger partial charge in [-0.1, -0.05) is 37.3 Å². The van der Waals surface area contributed by atoms with Gasteiger partial charge in [-0.05, 0) is 33.5 Å². The highest BCUT2D eigenvalue weighted by molar-refractivity contribution is 9.10. The van der Waals surface area contributed by atoms with Crippen molar-refractivity contribution < 1.29 is 9.21 Å². The number of nitrogens with one attached hydrogen (secondary N) is 1. The maximum atomic E-state index is 11.9. The molecule has 1 heterocycles. The van der Waals surface area contributed by atoms with Crippen LogP contribution >= 0.6 is 15.9 Å². The zero-order valence-corrected chi connectivity index (χ0v) is 11.6. The zero-order valence-electron chi connectivity index (χ0n) is 10.0. The van der Waals surface area contributed by atoms with Crippen LogP contribution in [0.25, 0.3) is 0 Å². The Morgan fingerprint density at radius 3 is 2.67 bits per heavy atom. The van der Waals surface area contributed by atoms with Gasteiger partial charge in [-0.3, -0.25) is 4.79 Å². The Kier molecular flexibility index (Phi) is 4.20. The normalized spacial score (nSPS) is 12.1. The van der Waals surface area contributed by atoms with Crippen LogP contribution in [-0.2, 0) is 0 Å². The molecule has 18 heavy (non-hydrogen) atoms. The van der Waals surface area contributed by atoms with Gasteiger partial charge in [0.15, 0.2) is 4.67 Å². The molecule has 1 unspecified atom stereocenters. The lowest BCUT2D eigenvalue weighted by Gasteiger charge is -2.12. The molecule has 0 fully saturated rings. The van der Waals surface area contributed by atoms with Gasteiger partial charge >= 0.3 is 0 Å². The quantitative estimate of drug-likeness (QED) is 0.938. The predicted octanol–water partition coefficient (Wildman–Crippen LogP) is 3.58. The van der Waals surface area contributed by atoms with Crippen molar-refractivity contribution in [3.05, 3.63) is 58.5 Å². The van der Waals surface area contributed by atoms with Crippen molar-refractivity contribution in [2.75, 3.05) is 6.54 Å². The van der Waals surface area contributed by atoms with E-state index in [1.54, 1.807) is 6.07 Å². The third-order valence-electron chi connectivity index (χ3n) is 2.80. The molecule has 0 saturated heterocycles. The van der Waals surface area contributed by atoms with Crippen molar-refractivity contribution >= 4 is 21.8 Å². The fourth-order valence-corrected chi connectivity index (χ4v) is 2.12. The standard InChI is InChI=1S/C14H14BrNO2/c1-10(11-5-3-2-4-6-11)9-16-14(17)12-7-8-18-13(12)15/h2-8,10H,9H2,1H3,(H,16,17). The Labute approximate surface area is 114 Å². The van der Waals surface area contributed by atoms with Gasteiger partial charge in [0.05, 0.1) is 11.8 Å². The van der Waals surface area contributed by atoms with Crippen molar-refractivity contribution in [1.29, 1.82) is 0 Å². The number of carbonyl (C=O) groups is 1. The molecule has 3 nitrogen and oxygen atoms in total. The Balaban J connectivity index is 1.93. The second-order valence-corrected chi connectivity index (χ2v) is 4.85. The molecule has 0 bridgehead atoms. The molecule has 0 aliphatic rings. The Morgan fingerprint density at radius 1 is 1.33 bits per heavy atom. The topological polar surface area (TPSA) is 42.2 Å². The molecule has 2 rings (SSSR count). The summed E-state index contributed by atoms with van der Waals surface area (Å²) in [6.45, 7) is 2.68. The summed E-state index contributed by atoms with van der Waals surface area (Å²) in [4.78, 5) is 11.9. The van der Waals surface area contributed by atoms with E-state index >= 15 is 0 Å². The van der Waals surface area contributed by atoms with Crippen LogP contribution in [-0.4, -0.2) is 12.5 Å². The molecule has 0 spiro atoms. The first-order chi connectivity index (χ1) is 8.68. The van der Waals surface area contributed by atoms with Gasteiger partial charge in [-0.25, -0.2) is 0 Å². The second-order valence-electron chi connectivity index (χ2n) is 4.13. The summed E-state index contributed by atoms with van der Waals surface area (Å²) in [6.07, 6.45) is 1.49. The second kappa shape index (κ2) is 5.87. The highest BCUT2D eigenvalue weighted by Crippen LogP contribution is 2.18. The van der Waals surface area contributed by atoms with Crippen LogP contribution in [0, 0.1) is 0 Å². The van der Waals surface area contributed by atoms with Crippen LogP contribution in [0.4, 0.5) is 0 Å². The number of hydrogen-bond acceptors (Lipinski definition) is 2. The van der Waals surface area contributed by atoms with E-state index in [9.17, 15) is 4.79 Å². The Hall–Kier alpha value is -1.55. The van der Waals surface area contributed by atoms with Gasteiger partial charge in [0, 0.05) is 6.54 Å². The fourth-order valence-electron chi connectivity index (χ4n) is 1.70. The van der Waals surface area contributed by atoms with E-state index in [1.807, 2.05) is 18.2 Å². The summed E-state index contributed by atoms with van der Waals surface area (Å²) in [5, 5.41) is 2.90. The van der Waals surface area contributed by atoms with Crippen molar-refractivity contribution in [2.45, 2.75) is 12.8 Å². The summed E-state index contributed by atoms with van der Waals surface area (Å²) < 4.78 is 5.50. The van der Waals surface area contributed by atoms with Gasteiger partial charge in [0.1, 0.15) is 0 Å². The van der Waals surface area contributed by atoms with Gasteiger partial charge < -0.3 is 9.73 Å². The average Bonchev–Trinajstić information content (AvgIpc) is 2.83. The van der Waals surface area contributed by atoms with Crippen LogP contribution in [0.5, 0.6) is 0 Å². The average molecular weight is 308 g/mol. The van der Waals surface area contributed by atoms with Gasteiger partial charge in [0.25, 0.3) is 5.91 Å². The molecule has 0 radical (unpaired) electrons. The van der Waals surface area contributed by atoms with Gasteiger partial charge in [0.2, 0.25) is 0 Å². The highest BCUT2D eigenvalue weighted by Gasteiger charge is 2.13.